The largest absolute Gasteiger partial charge is 0.465 e. The van der Waals surface area contributed by atoms with E-state index in [1.807, 2.05) is 0 Å². The Morgan fingerprint density at radius 2 is 2.00 bits per heavy atom. The van der Waals surface area contributed by atoms with Gasteiger partial charge in [0.2, 0.25) is 0 Å². The number of methoxy groups -OCH3 is 1. The Labute approximate surface area is 148 Å². The summed E-state index contributed by atoms with van der Waals surface area (Å²) in [5.41, 5.74) is 0.293. The Hall–Kier alpha value is -1.25. The van der Waals surface area contributed by atoms with Crippen molar-refractivity contribution in [3.8, 4) is 0 Å². The maximum Gasteiger partial charge on any atom is 0.340 e. The molecular formula is C16H20BrF2NO3Si. The maximum atomic E-state index is 14.4. The Morgan fingerprint density at radius 3 is 2.58 bits per heavy atom. The second kappa shape index (κ2) is 7.33. The molecular weight excluding hydrogens is 400 g/mol. The first-order valence-corrected chi connectivity index (χ1v) is 12.0. The number of halogens is 3. The molecule has 0 fully saturated rings. The van der Waals surface area contributed by atoms with Gasteiger partial charge in [-0.2, -0.15) is 0 Å². The predicted octanol–water partition coefficient (Wildman–Crippen LogP) is 4.78. The standard InChI is InChI=1S/C16H20BrF2NO3Si/c1-22-16(21)10-8-20(9-23-5-6-24(2,3)4)12-7-11(18)14(17)15(19)13(10)12/h7-8H,5-6,9H2,1-4H3. The van der Waals surface area contributed by atoms with Gasteiger partial charge in [-0.05, 0) is 28.0 Å². The lowest BCUT2D eigenvalue weighted by molar-refractivity contribution is 0.0600. The summed E-state index contributed by atoms with van der Waals surface area (Å²) in [6.07, 6.45) is 1.43. The summed E-state index contributed by atoms with van der Waals surface area (Å²) in [7, 11) is -0.0127. The Morgan fingerprint density at radius 1 is 1.33 bits per heavy atom. The third kappa shape index (κ3) is 4.04. The van der Waals surface area contributed by atoms with Crippen molar-refractivity contribution in [1.29, 1.82) is 0 Å². The lowest BCUT2D eigenvalue weighted by atomic mass is 10.1. The molecule has 1 aromatic carbocycles. The maximum absolute atomic E-state index is 14.4. The van der Waals surface area contributed by atoms with Crippen molar-refractivity contribution in [2.24, 2.45) is 0 Å². The zero-order valence-electron chi connectivity index (χ0n) is 14.1. The first-order valence-electron chi connectivity index (χ1n) is 7.48. The zero-order chi connectivity index (χ0) is 18.1. The normalized spacial score (nSPS) is 12.0. The van der Waals surface area contributed by atoms with Crippen molar-refractivity contribution in [3.63, 3.8) is 0 Å². The van der Waals surface area contributed by atoms with Crippen LogP contribution in [0.1, 0.15) is 10.4 Å². The molecule has 4 nitrogen and oxygen atoms in total. The third-order valence-electron chi connectivity index (χ3n) is 3.64. The smallest absolute Gasteiger partial charge is 0.340 e. The van der Waals surface area contributed by atoms with Crippen molar-refractivity contribution in [1.82, 2.24) is 4.57 Å². The van der Waals surface area contributed by atoms with Gasteiger partial charge in [0.05, 0.1) is 28.0 Å². The molecule has 0 aliphatic carbocycles. The molecule has 0 amide bonds. The van der Waals surface area contributed by atoms with Crippen LogP contribution in [0.3, 0.4) is 0 Å². The number of hydrogen-bond donors (Lipinski definition) is 0. The molecule has 2 rings (SSSR count). The molecule has 0 atom stereocenters. The number of hydrogen-bond acceptors (Lipinski definition) is 3. The van der Waals surface area contributed by atoms with Crippen molar-refractivity contribution in [3.05, 3.63) is 33.9 Å². The SMILES string of the molecule is COC(=O)c1cn(COCC[Si](C)(C)C)c2cc(F)c(Br)c(F)c12. The number of ether oxygens (including phenoxy) is 2. The van der Waals surface area contributed by atoms with E-state index in [0.29, 0.717) is 6.61 Å². The molecule has 1 aromatic heterocycles. The summed E-state index contributed by atoms with van der Waals surface area (Å²) in [5, 5.41) is 0.0175. The summed E-state index contributed by atoms with van der Waals surface area (Å²) in [6, 6.07) is 2.15. The van der Waals surface area contributed by atoms with Crippen LogP contribution in [-0.4, -0.2) is 32.3 Å². The van der Waals surface area contributed by atoms with E-state index >= 15 is 0 Å². The minimum Gasteiger partial charge on any atom is -0.465 e. The van der Waals surface area contributed by atoms with E-state index in [2.05, 4.69) is 40.3 Å². The fourth-order valence-corrected chi connectivity index (χ4v) is 3.34. The first kappa shape index (κ1) is 19.1. The number of esters is 1. The average Bonchev–Trinajstić information content (AvgIpc) is 2.86. The summed E-state index contributed by atoms with van der Waals surface area (Å²) < 4.78 is 39.8. The van der Waals surface area contributed by atoms with Gasteiger partial charge in [-0.25, -0.2) is 13.6 Å². The fourth-order valence-electron chi connectivity index (χ4n) is 2.27. The second-order valence-electron chi connectivity index (χ2n) is 6.73. The number of aromatic nitrogens is 1. The van der Waals surface area contributed by atoms with Crippen LogP contribution < -0.4 is 0 Å². The van der Waals surface area contributed by atoms with Gasteiger partial charge < -0.3 is 14.0 Å². The molecule has 0 saturated heterocycles. The summed E-state index contributed by atoms with van der Waals surface area (Å²) in [6.45, 7) is 7.38. The average molecular weight is 420 g/mol. The molecule has 0 spiro atoms. The molecule has 0 bridgehead atoms. The van der Waals surface area contributed by atoms with E-state index in [9.17, 15) is 13.6 Å². The first-order chi connectivity index (χ1) is 11.2. The number of fused-ring (bicyclic) bond motifs is 1. The van der Waals surface area contributed by atoms with Crippen molar-refractivity contribution < 1.29 is 23.0 Å². The number of carbonyl (C=O) groups excluding carboxylic acids is 1. The van der Waals surface area contributed by atoms with Gasteiger partial charge in [0.25, 0.3) is 0 Å². The van der Waals surface area contributed by atoms with Crippen molar-refractivity contribution in [2.45, 2.75) is 32.4 Å². The van der Waals surface area contributed by atoms with Crippen LogP contribution >= 0.6 is 15.9 Å². The zero-order valence-corrected chi connectivity index (χ0v) is 16.7. The van der Waals surface area contributed by atoms with Crippen LogP contribution in [0.15, 0.2) is 16.7 Å². The van der Waals surface area contributed by atoms with Gasteiger partial charge in [0.1, 0.15) is 12.5 Å². The summed E-state index contributed by atoms with van der Waals surface area (Å²) >= 11 is 2.86. The number of rotatable bonds is 6. The Balaban J connectivity index is 2.38. The van der Waals surface area contributed by atoms with Gasteiger partial charge in [-0.3, -0.25) is 0 Å². The molecule has 132 valence electrons. The van der Waals surface area contributed by atoms with Crippen LogP contribution in [0.5, 0.6) is 0 Å². The number of nitrogens with zero attached hydrogens (tertiary/aromatic N) is 1. The topological polar surface area (TPSA) is 40.5 Å². The molecule has 0 radical (unpaired) electrons. The minimum atomic E-state index is -1.23. The van der Waals surface area contributed by atoms with Crippen LogP contribution in [0.4, 0.5) is 8.78 Å². The van der Waals surface area contributed by atoms with Crippen LogP contribution in [-0.2, 0) is 16.2 Å². The molecule has 1 heterocycles. The predicted molar refractivity (Wildman–Crippen MR) is 95.0 cm³/mol. The highest BCUT2D eigenvalue weighted by molar-refractivity contribution is 9.10. The Bertz CT molecular complexity index is 771. The quantitative estimate of drug-likeness (QED) is 0.292. The van der Waals surface area contributed by atoms with Crippen LogP contribution in [0.2, 0.25) is 25.7 Å². The number of benzene rings is 1. The van der Waals surface area contributed by atoms with E-state index in [1.165, 1.54) is 23.9 Å². The van der Waals surface area contributed by atoms with Crippen LogP contribution in [0.25, 0.3) is 10.9 Å². The molecule has 2 aromatic rings. The monoisotopic (exact) mass is 419 g/mol. The molecule has 0 N–H and O–H groups in total. The van der Waals surface area contributed by atoms with E-state index in [0.717, 1.165) is 6.04 Å². The Kier molecular flexibility index (Phi) is 5.82. The van der Waals surface area contributed by atoms with Gasteiger partial charge in [0.15, 0.2) is 5.82 Å². The van der Waals surface area contributed by atoms with E-state index < -0.39 is 25.7 Å². The molecule has 0 aliphatic rings. The van der Waals surface area contributed by atoms with Gasteiger partial charge >= 0.3 is 5.97 Å². The molecule has 0 aliphatic heterocycles. The lowest BCUT2D eigenvalue weighted by Crippen LogP contribution is -2.22. The molecule has 8 heteroatoms. The van der Waals surface area contributed by atoms with Gasteiger partial charge in [-0.1, -0.05) is 19.6 Å². The molecule has 0 unspecified atom stereocenters. The van der Waals surface area contributed by atoms with E-state index in [-0.39, 0.29) is 27.7 Å². The highest BCUT2D eigenvalue weighted by Gasteiger charge is 2.23. The highest BCUT2D eigenvalue weighted by atomic mass is 79.9. The van der Waals surface area contributed by atoms with E-state index in [1.54, 1.807) is 0 Å². The molecule has 0 saturated carbocycles. The third-order valence-corrected chi connectivity index (χ3v) is 6.07. The van der Waals surface area contributed by atoms with Crippen molar-refractivity contribution >= 4 is 40.9 Å². The number of carbonyl (C=O) groups is 1. The van der Waals surface area contributed by atoms with Gasteiger partial charge in [-0.15, -0.1) is 0 Å². The van der Waals surface area contributed by atoms with Gasteiger partial charge in [0, 0.05) is 20.9 Å². The highest BCUT2D eigenvalue weighted by Crippen LogP contribution is 2.32. The summed E-state index contributed by atoms with van der Waals surface area (Å²) in [5.74, 6) is -2.25. The molecule has 24 heavy (non-hydrogen) atoms. The van der Waals surface area contributed by atoms with E-state index in [4.69, 9.17) is 4.74 Å². The summed E-state index contributed by atoms with van der Waals surface area (Å²) in [4.78, 5) is 11.9. The van der Waals surface area contributed by atoms with Crippen LogP contribution in [0, 0.1) is 11.6 Å². The minimum absolute atomic E-state index is 0.0175. The lowest BCUT2D eigenvalue weighted by Gasteiger charge is -2.15. The second-order valence-corrected chi connectivity index (χ2v) is 13.1. The fraction of sp³-hybridized carbons (Fsp3) is 0.438. The van der Waals surface area contributed by atoms with Crippen molar-refractivity contribution in [2.75, 3.05) is 13.7 Å².